The first-order chi connectivity index (χ1) is 6.61. The third-order valence-corrected chi connectivity index (χ3v) is 2.14. The van der Waals surface area contributed by atoms with Crippen LogP contribution in [0.25, 0.3) is 0 Å². The van der Waals surface area contributed by atoms with E-state index in [1.165, 1.54) is 6.07 Å². The Morgan fingerprint density at radius 2 is 2.29 bits per heavy atom. The summed E-state index contributed by atoms with van der Waals surface area (Å²) in [5.74, 6) is -0.372. The Morgan fingerprint density at radius 3 is 2.86 bits per heavy atom. The molecule has 0 aliphatic rings. The molecule has 0 aromatic heterocycles. The summed E-state index contributed by atoms with van der Waals surface area (Å²) in [6, 6.07) is 4.52. The van der Waals surface area contributed by atoms with Crippen LogP contribution in [0.1, 0.15) is 13.3 Å². The summed E-state index contributed by atoms with van der Waals surface area (Å²) in [5, 5.41) is 12.2. The average molecular weight is 218 g/mol. The fourth-order valence-electron chi connectivity index (χ4n) is 1.07. The van der Waals surface area contributed by atoms with Gasteiger partial charge < -0.3 is 10.4 Å². The molecule has 0 aliphatic heterocycles. The van der Waals surface area contributed by atoms with E-state index in [2.05, 4.69) is 5.32 Å². The van der Waals surface area contributed by atoms with Crippen molar-refractivity contribution in [2.45, 2.75) is 19.4 Å². The maximum atomic E-state index is 13.2. The number of halogens is 2. The number of benzene rings is 1. The second kappa shape index (κ2) is 5.17. The fraction of sp³-hybridized carbons (Fsp3) is 0.400. The normalized spacial score (nSPS) is 12.6. The Labute approximate surface area is 87.7 Å². The zero-order chi connectivity index (χ0) is 10.6. The second-order valence-electron chi connectivity index (χ2n) is 3.16. The maximum Gasteiger partial charge on any atom is 0.147 e. The van der Waals surface area contributed by atoms with Gasteiger partial charge in [-0.1, -0.05) is 17.7 Å². The van der Waals surface area contributed by atoms with E-state index in [0.29, 0.717) is 23.7 Å². The first-order valence-corrected chi connectivity index (χ1v) is 4.85. The van der Waals surface area contributed by atoms with Gasteiger partial charge in [0.15, 0.2) is 0 Å². The molecular weight excluding hydrogens is 205 g/mol. The molecule has 1 aromatic rings. The topological polar surface area (TPSA) is 32.3 Å². The molecule has 2 nitrogen and oxygen atoms in total. The van der Waals surface area contributed by atoms with Crippen LogP contribution in [0.2, 0.25) is 5.02 Å². The minimum Gasteiger partial charge on any atom is -0.393 e. The van der Waals surface area contributed by atoms with Crippen molar-refractivity contribution in [3.05, 3.63) is 29.0 Å². The molecule has 2 N–H and O–H groups in total. The monoisotopic (exact) mass is 217 g/mol. The lowest BCUT2D eigenvalue weighted by Crippen LogP contribution is -2.10. The summed E-state index contributed by atoms with van der Waals surface area (Å²) < 4.78 is 13.2. The Hall–Kier alpha value is -0.800. The van der Waals surface area contributed by atoms with Crippen molar-refractivity contribution >= 4 is 17.3 Å². The van der Waals surface area contributed by atoms with E-state index in [-0.39, 0.29) is 5.82 Å². The average Bonchev–Trinajstić information content (AvgIpc) is 2.09. The SMILES string of the molecule is CC(O)CCNc1c(F)cccc1Cl. The lowest BCUT2D eigenvalue weighted by Gasteiger charge is -2.10. The molecule has 0 spiro atoms. The van der Waals surface area contributed by atoms with Crippen LogP contribution in [-0.2, 0) is 0 Å². The van der Waals surface area contributed by atoms with E-state index in [4.69, 9.17) is 16.7 Å². The molecule has 14 heavy (non-hydrogen) atoms. The van der Waals surface area contributed by atoms with Crippen LogP contribution in [0, 0.1) is 5.82 Å². The third kappa shape index (κ3) is 3.16. The van der Waals surface area contributed by atoms with E-state index in [9.17, 15) is 4.39 Å². The summed E-state index contributed by atoms with van der Waals surface area (Å²) in [4.78, 5) is 0. The summed E-state index contributed by atoms with van der Waals surface area (Å²) in [5.41, 5.74) is 0.301. The van der Waals surface area contributed by atoms with Gasteiger partial charge in [0.25, 0.3) is 0 Å². The summed E-state index contributed by atoms with van der Waals surface area (Å²) >= 11 is 5.78. The Morgan fingerprint density at radius 1 is 1.57 bits per heavy atom. The molecule has 0 saturated heterocycles. The van der Waals surface area contributed by atoms with Crippen LogP contribution in [0.4, 0.5) is 10.1 Å². The van der Waals surface area contributed by atoms with E-state index in [0.717, 1.165) is 0 Å². The van der Waals surface area contributed by atoms with E-state index in [1.54, 1.807) is 19.1 Å². The number of aliphatic hydroxyl groups is 1. The van der Waals surface area contributed by atoms with E-state index in [1.807, 2.05) is 0 Å². The van der Waals surface area contributed by atoms with Crippen molar-refractivity contribution in [3.63, 3.8) is 0 Å². The predicted octanol–water partition coefficient (Wildman–Crippen LogP) is 2.66. The quantitative estimate of drug-likeness (QED) is 0.813. The lowest BCUT2D eigenvalue weighted by atomic mass is 10.2. The summed E-state index contributed by atoms with van der Waals surface area (Å²) in [6.07, 6.45) is 0.165. The fourth-order valence-corrected chi connectivity index (χ4v) is 1.30. The Kier molecular flexibility index (Phi) is 4.17. The highest BCUT2D eigenvalue weighted by Gasteiger charge is 2.05. The van der Waals surface area contributed by atoms with Gasteiger partial charge >= 0.3 is 0 Å². The minimum atomic E-state index is -0.395. The molecule has 4 heteroatoms. The van der Waals surface area contributed by atoms with Crippen molar-refractivity contribution in [1.82, 2.24) is 0 Å². The summed E-state index contributed by atoms with van der Waals surface area (Å²) in [6.45, 7) is 2.18. The molecule has 0 heterocycles. The molecule has 0 radical (unpaired) electrons. The number of hydrogen-bond acceptors (Lipinski definition) is 2. The number of nitrogens with one attached hydrogen (secondary N) is 1. The van der Waals surface area contributed by atoms with Crippen molar-refractivity contribution in [2.24, 2.45) is 0 Å². The number of hydrogen-bond donors (Lipinski definition) is 2. The summed E-state index contributed by atoms with van der Waals surface area (Å²) in [7, 11) is 0. The highest BCUT2D eigenvalue weighted by Crippen LogP contribution is 2.24. The molecule has 0 amide bonds. The van der Waals surface area contributed by atoms with Crippen molar-refractivity contribution < 1.29 is 9.50 Å². The van der Waals surface area contributed by atoms with Gasteiger partial charge in [-0.15, -0.1) is 0 Å². The molecule has 1 unspecified atom stereocenters. The molecule has 0 aliphatic carbocycles. The first-order valence-electron chi connectivity index (χ1n) is 4.47. The zero-order valence-corrected chi connectivity index (χ0v) is 8.68. The standard InChI is InChI=1S/C10H13ClFNO/c1-7(14)5-6-13-10-8(11)3-2-4-9(10)12/h2-4,7,13-14H,5-6H2,1H3. The van der Waals surface area contributed by atoms with Crippen LogP contribution in [0.15, 0.2) is 18.2 Å². The van der Waals surface area contributed by atoms with Crippen LogP contribution in [-0.4, -0.2) is 17.8 Å². The van der Waals surface area contributed by atoms with Gasteiger partial charge in [0.1, 0.15) is 5.82 Å². The second-order valence-corrected chi connectivity index (χ2v) is 3.57. The highest BCUT2D eigenvalue weighted by atomic mass is 35.5. The largest absolute Gasteiger partial charge is 0.393 e. The van der Waals surface area contributed by atoms with Gasteiger partial charge in [0.2, 0.25) is 0 Å². The van der Waals surface area contributed by atoms with E-state index < -0.39 is 6.10 Å². The smallest absolute Gasteiger partial charge is 0.147 e. The number of anilines is 1. The molecule has 0 saturated carbocycles. The van der Waals surface area contributed by atoms with Gasteiger partial charge in [0, 0.05) is 6.54 Å². The molecule has 1 rings (SSSR count). The van der Waals surface area contributed by atoms with Crippen molar-refractivity contribution in [1.29, 1.82) is 0 Å². The molecule has 1 atom stereocenters. The van der Waals surface area contributed by atoms with Crippen molar-refractivity contribution in [3.8, 4) is 0 Å². The predicted molar refractivity (Wildman–Crippen MR) is 56.2 cm³/mol. The van der Waals surface area contributed by atoms with Crippen LogP contribution in [0.3, 0.4) is 0 Å². The van der Waals surface area contributed by atoms with Crippen LogP contribution >= 0.6 is 11.6 Å². The van der Waals surface area contributed by atoms with Gasteiger partial charge in [0.05, 0.1) is 16.8 Å². The van der Waals surface area contributed by atoms with Gasteiger partial charge in [-0.2, -0.15) is 0 Å². The van der Waals surface area contributed by atoms with Crippen LogP contribution < -0.4 is 5.32 Å². The Balaban J connectivity index is 2.58. The molecular formula is C10H13ClFNO. The lowest BCUT2D eigenvalue weighted by molar-refractivity contribution is 0.188. The van der Waals surface area contributed by atoms with Crippen LogP contribution in [0.5, 0.6) is 0 Å². The molecule has 1 aromatic carbocycles. The van der Waals surface area contributed by atoms with Gasteiger partial charge in [-0.25, -0.2) is 4.39 Å². The van der Waals surface area contributed by atoms with Gasteiger partial charge in [-0.05, 0) is 25.5 Å². The molecule has 78 valence electrons. The van der Waals surface area contributed by atoms with Crippen molar-refractivity contribution in [2.75, 3.05) is 11.9 Å². The highest BCUT2D eigenvalue weighted by molar-refractivity contribution is 6.33. The first kappa shape index (κ1) is 11.3. The molecule has 0 fully saturated rings. The Bertz CT molecular complexity index is 284. The minimum absolute atomic E-state index is 0.301. The molecule has 0 bridgehead atoms. The number of aliphatic hydroxyl groups excluding tert-OH is 1. The van der Waals surface area contributed by atoms with Gasteiger partial charge in [-0.3, -0.25) is 0 Å². The third-order valence-electron chi connectivity index (χ3n) is 1.83. The number of para-hydroxylation sites is 1. The van der Waals surface area contributed by atoms with E-state index >= 15 is 0 Å². The maximum absolute atomic E-state index is 13.2. The zero-order valence-electron chi connectivity index (χ0n) is 7.93. The number of rotatable bonds is 4.